The van der Waals surface area contributed by atoms with Crippen LogP contribution in [0.4, 0.5) is 0 Å². The summed E-state index contributed by atoms with van der Waals surface area (Å²) in [4.78, 5) is 10.1. The van der Waals surface area contributed by atoms with Gasteiger partial charge in [-0.15, -0.1) is 0 Å². The Kier molecular flexibility index (Phi) is 2.99. The van der Waals surface area contributed by atoms with Crippen molar-refractivity contribution in [3.05, 3.63) is 0 Å². The van der Waals surface area contributed by atoms with E-state index in [2.05, 4.69) is 0 Å². The second-order valence-corrected chi connectivity index (χ2v) is 2.48. The van der Waals surface area contributed by atoms with Crippen molar-refractivity contribution in [1.82, 2.24) is 0 Å². The zero-order valence-electron chi connectivity index (χ0n) is 6.65. The lowest BCUT2D eigenvalue weighted by atomic mass is 10.2. The van der Waals surface area contributed by atoms with E-state index in [0.717, 1.165) is 6.29 Å². The van der Waals surface area contributed by atoms with E-state index in [-0.39, 0.29) is 25.1 Å². The van der Waals surface area contributed by atoms with Gasteiger partial charge in [-0.2, -0.15) is 0 Å². The van der Waals surface area contributed by atoms with Gasteiger partial charge in [0.05, 0.1) is 6.10 Å². The number of hydrogen-bond acceptors (Lipinski definition) is 4. The van der Waals surface area contributed by atoms with Gasteiger partial charge in [-0.25, -0.2) is 0 Å². The Morgan fingerprint density at radius 3 is 2.91 bits per heavy atom. The monoisotopic (exact) mass is 160 g/mol. The Balaban J connectivity index is 2.11. The van der Waals surface area contributed by atoms with Crippen LogP contribution in [0, 0.1) is 0 Å². The second kappa shape index (κ2) is 3.80. The van der Waals surface area contributed by atoms with E-state index in [9.17, 15) is 4.79 Å². The molecule has 4 nitrogen and oxygen atoms in total. The fraction of sp³-hybridized carbons (Fsp3) is 0.857. The highest BCUT2D eigenvalue weighted by molar-refractivity contribution is 5.60. The number of hydrogen-bond donors (Lipinski definition) is 0. The molecule has 3 atom stereocenters. The first kappa shape index (κ1) is 8.64. The minimum atomic E-state index is -0.262. The van der Waals surface area contributed by atoms with E-state index in [1.54, 1.807) is 7.11 Å². The summed E-state index contributed by atoms with van der Waals surface area (Å²) in [7, 11) is 1.55. The molecule has 1 rings (SSSR count). The van der Waals surface area contributed by atoms with Crippen LogP contribution in [0.1, 0.15) is 6.92 Å². The van der Waals surface area contributed by atoms with Gasteiger partial charge >= 0.3 is 0 Å². The molecule has 11 heavy (non-hydrogen) atoms. The maximum Gasteiger partial charge on any atom is 0.151 e. The molecule has 0 N–H and O–H groups in total. The molecule has 0 aliphatic carbocycles. The molecule has 0 bridgehead atoms. The fourth-order valence-corrected chi connectivity index (χ4v) is 0.894. The molecular weight excluding hydrogens is 148 g/mol. The van der Waals surface area contributed by atoms with Gasteiger partial charge in [0.2, 0.25) is 0 Å². The Labute approximate surface area is 65.4 Å². The number of aldehydes is 1. The lowest BCUT2D eigenvalue weighted by Crippen LogP contribution is -2.19. The first-order valence-electron chi connectivity index (χ1n) is 3.51. The van der Waals surface area contributed by atoms with Gasteiger partial charge < -0.3 is 19.0 Å². The highest BCUT2D eigenvalue weighted by Crippen LogP contribution is 2.24. The lowest BCUT2D eigenvalue weighted by molar-refractivity contribution is -0.109. The van der Waals surface area contributed by atoms with E-state index in [1.165, 1.54) is 0 Å². The van der Waals surface area contributed by atoms with Gasteiger partial charge in [-0.1, -0.05) is 0 Å². The highest BCUT2D eigenvalue weighted by atomic mass is 16.7. The molecular formula is C7H12O4. The second-order valence-electron chi connectivity index (χ2n) is 2.48. The Morgan fingerprint density at radius 2 is 2.45 bits per heavy atom. The van der Waals surface area contributed by atoms with E-state index in [4.69, 9.17) is 14.2 Å². The molecule has 1 aliphatic rings. The average Bonchev–Trinajstić information content (AvgIpc) is 2.78. The van der Waals surface area contributed by atoms with Crippen LogP contribution >= 0.6 is 0 Å². The summed E-state index contributed by atoms with van der Waals surface area (Å²) in [6.45, 7) is 2.10. The molecule has 0 aromatic carbocycles. The van der Waals surface area contributed by atoms with Crippen molar-refractivity contribution in [3.63, 3.8) is 0 Å². The third-order valence-corrected chi connectivity index (χ3v) is 1.61. The molecule has 0 radical (unpaired) electrons. The van der Waals surface area contributed by atoms with Gasteiger partial charge in [0.25, 0.3) is 0 Å². The maximum atomic E-state index is 10.1. The Bertz CT molecular complexity index is 136. The number of epoxide rings is 1. The molecule has 0 saturated carbocycles. The Morgan fingerprint density at radius 1 is 1.73 bits per heavy atom. The summed E-state index contributed by atoms with van der Waals surface area (Å²) in [6, 6.07) is 0. The van der Waals surface area contributed by atoms with Gasteiger partial charge in [-0.3, -0.25) is 0 Å². The van der Waals surface area contributed by atoms with Crippen LogP contribution in [0.3, 0.4) is 0 Å². The first-order valence-corrected chi connectivity index (χ1v) is 3.51. The van der Waals surface area contributed by atoms with Crippen molar-refractivity contribution in [2.75, 3.05) is 13.9 Å². The van der Waals surface area contributed by atoms with Crippen LogP contribution in [-0.4, -0.2) is 38.5 Å². The quantitative estimate of drug-likeness (QED) is 0.322. The summed E-state index contributed by atoms with van der Waals surface area (Å²) in [5.41, 5.74) is 0. The van der Waals surface area contributed by atoms with E-state index in [0.29, 0.717) is 0 Å². The molecule has 4 heteroatoms. The molecule has 64 valence electrons. The standard InChI is InChI=1S/C7H12O4/c1-5(10-4-9-2)7-6(3-8)11-7/h3,5-7H,4H2,1-2H3/t5-,6-,7-/m0/s1. The topological polar surface area (TPSA) is 48.1 Å². The van der Waals surface area contributed by atoms with Gasteiger partial charge in [0, 0.05) is 7.11 Å². The number of carbonyl (C=O) groups excluding carboxylic acids is 1. The molecule has 0 spiro atoms. The molecule has 1 aliphatic heterocycles. The van der Waals surface area contributed by atoms with Crippen LogP contribution in [0.15, 0.2) is 0 Å². The van der Waals surface area contributed by atoms with Crippen LogP contribution in [-0.2, 0) is 19.0 Å². The number of carbonyl (C=O) groups is 1. The van der Waals surface area contributed by atoms with Crippen molar-refractivity contribution in [1.29, 1.82) is 0 Å². The van der Waals surface area contributed by atoms with Gasteiger partial charge in [0.1, 0.15) is 19.0 Å². The molecule has 1 saturated heterocycles. The molecule has 0 aromatic heterocycles. The third kappa shape index (κ3) is 2.25. The van der Waals surface area contributed by atoms with Crippen LogP contribution in [0.25, 0.3) is 0 Å². The average molecular weight is 160 g/mol. The van der Waals surface area contributed by atoms with E-state index >= 15 is 0 Å². The molecule has 0 unspecified atom stereocenters. The maximum absolute atomic E-state index is 10.1. The molecule has 0 amide bonds. The SMILES string of the molecule is COCO[C@@H](C)[C@@H]1O[C@H]1C=O. The third-order valence-electron chi connectivity index (χ3n) is 1.61. The normalized spacial score (nSPS) is 31.5. The summed E-state index contributed by atoms with van der Waals surface area (Å²) < 4.78 is 14.8. The first-order chi connectivity index (χ1) is 5.29. The van der Waals surface area contributed by atoms with E-state index < -0.39 is 0 Å². The number of methoxy groups -OCH3 is 1. The van der Waals surface area contributed by atoms with Crippen molar-refractivity contribution in [3.8, 4) is 0 Å². The molecule has 1 fully saturated rings. The van der Waals surface area contributed by atoms with Gasteiger partial charge in [0.15, 0.2) is 6.29 Å². The van der Waals surface area contributed by atoms with Crippen molar-refractivity contribution in [2.45, 2.75) is 25.2 Å². The van der Waals surface area contributed by atoms with Crippen molar-refractivity contribution >= 4 is 6.29 Å². The minimum absolute atomic E-state index is 0.0647. The summed E-state index contributed by atoms with van der Waals surface area (Å²) >= 11 is 0. The van der Waals surface area contributed by atoms with Crippen molar-refractivity contribution in [2.24, 2.45) is 0 Å². The number of ether oxygens (including phenoxy) is 3. The van der Waals surface area contributed by atoms with Crippen LogP contribution in [0.5, 0.6) is 0 Å². The molecule has 1 heterocycles. The highest BCUT2D eigenvalue weighted by Gasteiger charge is 2.43. The minimum Gasteiger partial charge on any atom is -0.359 e. The zero-order chi connectivity index (χ0) is 8.27. The predicted octanol–water partition coefficient (Wildman–Crippen LogP) is -0.0383. The lowest BCUT2D eigenvalue weighted by Gasteiger charge is -2.07. The smallest absolute Gasteiger partial charge is 0.151 e. The number of rotatable bonds is 5. The zero-order valence-corrected chi connectivity index (χ0v) is 6.65. The summed E-state index contributed by atoms with van der Waals surface area (Å²) in [5.74, 6) is 0. The summed E-state index contributed by atoms with van der Waals surface area (Å²) in [5, 5.41) is 0. The predicted molar refractivity (Wildman–Crippen MR) is 37.1 cm³/mol. The fourth-order valence-electron chi connectivity index (χ4n) is 0.894. The summed E-state index contributed by atoms with van der Waals surface area (Å²) in [6.07, 6.45) is 0.395. The van der Waals surface area contributed by atoms with Crippen molar-refractivity contribution < 1.29 is 19.0 Å². The van der Waals surface area contributed by atoms with Gasteiger partial charge in [-0.05, 0) is 6.92 Å². The van der Waals surface area contributed by atoms with Crippen LogP contribution < -0.4 is 0 Å². The largest absolute Gasteiger partial charge is 0.359 e. The van der Waals surface area contributed by atoms with E-state index in [1.807, 2.05) is 6.92 Å². The van der Waals surface area contributed by atoms with Crippen LogP contribution in [0.2, 0.25) is 0 Å². The Hall–Kier alpha value is -0.450. The molecule has 0 aromatic rings.